The maximum absolute atomic E-state index is 13.9. The Hall–Kier alpha value is -4.02. The molecule has 5 N–H and O–H groups in total. The third kappa shape index (κ3) is 8.76. The van der Waals surface area contributed by atoms with Crippen molar-refractivity contribution in [3.8, 4) is 11.1 Å². The van der Waals surface area contributed by atoms with Crippen LogP contribution in [0.15, 0.2) is 77.7 Å². The highest BCUT2D eigenvalue weighted by Crippen LogP contribution is 2.26. The molecule has 4 rings (SSSR count). The normalized spacial score (nSPS) is 14.6. The van der Waals surface area contributed by atoms with Crippen LogP contribution in [0.5, 0.6) is 0 Å². The molecule has 44 heavy (non-hydrogen) atoms. The predicted molar refractivity (Wildman–Crippen MR) is 174 cm³/mol. The summed E-state index contributed by atoms with van der Waals surface area (Å²) in [5.74, 6) is 0.0660. The van der Waals surface area contributed by atoms with Crippen LogP contribution in [0.4, 0.5) is 0 Å². The Morgan fingerprint density at radius 3 is 2.34 bits per heavy atom. The zero-order valence-electron chi connectivity index (χ0n) is 25.5. The van der Waals surface area contributed by atoms with Gasteiger partial charge in [-0.1, -0.05) is 61.5 Å². The number of piperidine rings is 1. The second-order valence-corrected chi connectivity index (χ2v) is 13.1. The average Bonchev–Trinajstić information content (AvgIpc) is 3.04. The molecule has 1 fully saturated rings. The van der Waals surface area contributed by atoms with Gasteiger partial charge in [0, 0.05) is 32.1 Å². The Labute approximate surface area is 260 Å². The van der Waals surface area contributed by atoms with E-state index >= 15 is 0 Å². The maximum Gasteiger partial charge on any atom is 0.241 e. The lowest BCUT2D eigenvalue weighted by atomic mass is 9.91. The Balaban J connectivity index is 1.53. The average molecular weight is 618 g/mol. The van der Waals surface area contributed by atoms with Crippen molar-refractivity contribution in [1.82, 2.24) is 14.9 Å². The van der Waals surface area contributed by atoms with E-state index < -0.39 is 16.1 Å². The van der Waals surface area contributed by atoms with Gasteiger partial charge in [-0.25, -0.2) is 8.42 Å². The summed E-state index contributed by atoms with van der Waals surface area (Å²) in [6, 6.07) is 20.7. The van der Waals surface area contributed by atoms with Gasteiger partial charge in [0.05, 0.1) is 4.90 Å². The topological polar surface area (TPSA) is 145 Å². The fourth-order valence-corrected chi connectivity index (χ4v) is 6.89. The molecule has 0 saturated carbocycles. The monoisotopic (exact) mass is 617 g/mol. The Morgan fingerprint density at radius 1 is 0.977 bits per heavy atom. The first-order valence-corrected chi connectivity index (χ1v) is 16.7. The van der Waals surface area contributed by atoms with E-state index in [2.05, 4.69) is 17.0 Å². The number of nitrogens with zero attached hydrogens (tertiary/aromatic N) is 1. The Morgan fingerprint density at radius 2 is 1.68 bits per heavy atom. The van der Waals surface area contributed by atoms with E-state index in [-0.39, 0.29) is 29.0 Å². The lowest BCUT2D eigenvalue weighted by molar-refractivity contribution is -0.134. The first-order chi connectivity index (χ1) is 21.1. The van der Waals surface area contributed by atoms with Crippen molar-refractivity contribution in [3.05, 3.63) is 89.5 Å². The molecule has 0 bridgehead atoms. The molecule has 1 heterocycles. The minimum absolute atomic E-state index is 0.0292. The van der Waals surface area contributed by atoms with Crippen molar-refractivity contribution in [2.75, 3.05) is 20.1 Å². The molecule has 0 spiro atoms. The van der Waals surface area contributed by atoms with Crippen LogP contribution in [0.3, 0.4) is 0 Å². The van der Waals surface area contributed by atoms with Gasteiger partial charge in [-0.3, -0.25) is 15.0 Å². The SMILES string of the molecule is CCc1ccc(-c2cccc(S(=O)(=O)N[C@@H](Cc3cccc(C(=N)N)c3)C(=O)N3CCC(CCCC(=O)NC)CC3)c2)cc1. The van der Waals surface area contributed by atoms with Gasteiger partial charge in [0.2, 0.25) is 21.8 Å². The highest BCUT2D eigenvalue weighted by Gasteiger charge is 2.32. The number of carbonyl (C=O) groups is 2. The first-order valence-electron chi connectivity index (χ1n) is 15.2. The van der Waals surface area contributed by atoms with Crippen LogP contribution in [0.25, 0.3) is 11.1 Å². The highest BCUT2D eigenvalue weighted by atomic mass is 32.2. The standard InChI is InChI=1S/C34H43N5O4S/c1-3-24-13-15-27(16-14-24)28-9-6-11-30(23-28)44(42,43)38-31(22-26-8-4-10-29(21-26)33(35)36)34(41)39-19-17-25(18-20-39)7-5-12-32(40)37-2/h4,6,8-11,13-16,21,23,25,31,38H,3,5,7,12,17-20,22H2,1-2H3,(H3,35,36)(H,37,40)/t31-/m0/s1. The van der Waals surface area contributed by atoms with Crippen LogP contribution >= 0.6 is 0 Å². The lowest BCUT2D eigenvalue weighted by Crippen LogP contribution is -2.51. The van der Waals surface area contributed by atoms with Crippen LogP contribution in [0.2, 0.25) is 0 Å². The number of sulfonamides is 1. The van der Waals surface area contributed by atoms with Gasteiger partial charge in [-0.05, 0) is 84.9 Å². The summed E-state index contributed by atoms with van der Waals surface area (Å²) in [5, 5.41) is 10.4. The minimum atomic E-state index is -4.07. The molecule has 3 aromatic carbocycles. The fourth-order valence-electron chi connectivity index (χ4n) is 5.65. The number of likely N-dealkylation sites (tertiary alicyclic amines) is 1. The van der Waals surface area contributed by atoms with Crippen LogP contribution in [-0.2, 0) is 32.5 Å². The summed E-state index contributed by atoms with van der Waals surface area (Å²) in [5.41, 5.74) is 9.78. The molecule has 10 heteroatoms. The van der Waals surface area contributed by atoms with Crippen LogP contribution in [-0.4, -0.2) is 57.1 Å². The molecule has 1 saturated heterocycles. The summed E-state index contributed by atoms with van der Waals surface area (Å²) in [4.78, 5) is 27.3. The van der Waals surface area contributed by atoms with Crippen molar-refractivity contribution in [2.45, 2.75) is 62.8 Å². The van der Waals surface area contributed by atoms with Gasteiger partial charge in [-0.15, -0.1) is 0 Å². The Kier molecular flexibility index (Phi) is 11.3. The number of nitrogens with two attached hydrogens (primary N) is 1. The van der Waals surface area contributed by atoms with Crippen LogP contribution in [0, 0.1) is 11.3 Å². The lowest BCUT2D eigenvalue weighted by Gasteiger charge is -2.34. The molecule has 1 aliphatic rings. The van der Waals surface area contributed by atoms with Gasteiger partial charge < -0.3 is 16.0 Å². The third-order valence-corrected chi connectivity index (χ3v) is 9.80. The van der Waals surface area contributed by atoms with Crippen LogP contribution < -0.4 is 15.8 Å². The van der Waals surface area contributed by atoms with E-state index in [4.69, 9.17) is 11.1 Å². The van der Waals surface area contributed by atoms with E-state index in [9.17, 15) is 18.0 Å². The number of nitrogens with one attached hydrogen (secondary N) is 3. The van der Waals surface area contributed by atoms with E-state index in [0.717, 1.165) is 43.2 Å². The van der Waals surface area contributed by atoms with Crippen molar-refractivity contribution < 1.29 is 18.0 Å². The second kappa shape index (κ2) is 15.1. The largest absolute Gasteiger partial charge is 0.384 e. The van der Waals surface area contributed by atoms with Gasteiger partial charge in [0.1, 0.15) is 11.9 Å². The van der Waals surface area contributed by atoms with Gasteiger partial charge in [0.15, 0.2) is 0 Å². The fraction of sp³-hybridized carbons (Fsp3) is 0.382. The first kappa shape index (κ1) is 32.9. The van der Waals surface area contributed by atoms with E-state index in [1.165, 1.54) is 11.6 Å². The third-order valence-electron chi connectivity index (χ3n) is 8.33. The van der Waals surface area contributed by atoms with E-state index in [1.54, 1.807) is 48.3 Å². The van der Waals surface area contributed by atoms with Crippen molar-refractivity contribution in [3.63, 3.8) is 0 Å². The van der Waals surface area contributed by atoms with Gasteiger partial charge >= 0.3 is 0 Å². The number of aryl methyl sites for hydroxylation is 1. The molecule has 0 aliphatic carbocycles. The number of amides is 2. The van der Waals surface area contributed by atoms with Crippen LogP contribution in [0.1, 0.15) is 55.7 Å². The summed E-state index contributed by atoms with van der Waals surface area (Å²) >= 11 is 0. The predicted octanol–water partition coefficient (Wildman–Crippen LogP) is 4.24. The summed E-state index contributed by atoms with van der Waals surface area (Å²) in [6.45, 7) is 3.14. The zero-order chi connectivity index (χ0) is 31.7. The van der Waals surface area contributed by atoms with Gasteiger partial charge in [-0.2, -0.15) is 4.72 Å². The number of rotatable bonds is 13. The van der Waals surface area contributed by atoms with Crippen molar-refractivity contribution >= 4 is 27.7 Å². The zero-order valence-corrected chi connectivity index (χ0v) is 26.3. The summed E-state index contributed by atoms with van der Waals surface area (Å²) < 4.78 is 30.2. The smallest absolute Gasteiger partial charge is 0.241 e. The number of nitrogen functional groups attached to an aromatic ring is 1. The summed E-state index contributed by atoms with van der Waals surface area (Å²) in [7, 11) is -2.43. The summed E-state index contributed by atoms with van der Waals surface area (Å²) in [6.07, 6.45) is 4.84. The van der Waals surface area contributed by atoms with Crippen molar-refractivity contribution in [1.29, 1.82) is 5.41 Å². The molecule has 234 valence electrons. The number of hydrogen-bond acceptors (Lipinski definition) is 5. The highest BCUT2D eigenvalue weighted by molar-refractivity contribution is 7.89. The number of hydrogen-bond donors (Lipinski definition) is 4. The van der Waals surface area contributed by atoms with Gasteiger partial charge in [0.25, 0.3) is 0 Å². The molecular formula is C34H43N5O4S. The van der Waals surface area contributed by atoms with E-state index in [0.29, 0.717) is 36.6 Å². The van der Waals surface area contributed by atoms with Crippen molar-refractivity contribution in [2.24, 2.45) is 11.7 Å². The molecule has 3 aromatic rings. The maximum atomic E-state index is 13.9. The molecule has 1 aliphatic heterocycles. The van der Waals surface area contributed by atoms with E-state index in [1.807, 2.05) is 30.3 Å². The molecule has 2 amide bonds. The number of amidine groups is 1. The second-order valence-electron chi connectivity index (χ2n) is 11.4. The molecular weight excluding hydrogens is 574 g/mol. The Bertz CT molecular complexity index is 1560. The molecule has 0 radical (unpaired) electrons. The molecule has 0 aromatic heterocycles. The molecule has 1 atom stereocenters. The minimum Gasteiger partial charge on any atom is -0.384 e. The quantitative estimate of drug-likeness (QED) is 0.167. The number of benzene rings is 3. The molecule has 9 nitrogen and oxygen atoms in total. The molecule has 0 unspecified atom stereocenters. The number of carbonyl (C=O) groups excluding carboxylic acids is 2.